The van der Waals surface area contributed by atoms with E-state index in [0.717, 1.165) is 11.1 Å². The Bertz CT molecular complexity index is 1310. The number of carboxylic acids is 1. The number of Topliss-reactive ketones (excluding diaryl/α,β-unsaturated/α-hetero) is 1. The van der Waals surface area contributed by atoms with Crippen molar-refractivity contribution in [3.63, 3.8) is 0 Å². The minimum absolute atomic E-state index is 0.0156. The number of halogens is 2. The normalized spacial score (nSPS) is 10.9. The predicted molar refractivity (Wildman–Crippen MR) is 127 cm³/mol. The Morgan fingerprint density at radius 3 is 2.24 bits per heavy atom. The number of carbonyl (C=O) groups excluding carboxylic acids is 1. The van der Waals surface area contributed by atoms with Crippen molar-refractivity contribution in [1.29, 1.82) is 0 Å². The van der Waals surface area contributed by atoms with Crippen molar-refractivity contribution in [3.8, 4) is 11.5 Å². The Hall–Kier alpha value is -3.55. The van der Waals surface area contributed by atoms with Crippen molar-refractivity contribution < 1.29 is 28.6 Å². The van der Waals surface area contributed by atoms with E-state index in [1.807, 2.05) is 0 Å². The molecular weight excluding hydrogens is 481 g/mol. The van der Waals surface area contributed by atoms with Gasteiger partial charge < -0.3 is 19.0 Å². The van der Waals surface area contributed by atoms with Gasteiger partial charge in [0.15, 0.2) is 12.2 Å². The number of rotatable bonds is 10. The van der Waals surface area contributed by atoms with Gasteiger partial charge in [-0.2, -0.15) is 0 Å². The van der Waals surface area contributed by atoms with E-state index in [0.29, 0.717) is 45.7 Å². The van der Waals surface area contributed by atoms with Crippen LogP contribution in [0.25, 0.3) is 11.1 Å². The molecule has 7 nitrogen and oxygen atoms in total. The fourth-order valence-corrected chi connectivity index (χ4v) is 3.77. The van der Waals surface area contributed by atoms with Gasteiger partial charge in [0.2, 0.25) is 0 Å². The van der Waals surface area contributed by atoms with Gasteiger partial charge in [0, 0.05) is 16.5 Å². The second-order valence-electron chi connectivity index (χ2n) is 7.46. The van der Waals surface area contributed by atoms with E-state index in [2.05, 4.69) is 4.98 Å². The van der Waals surface area contributed by atoms with Crippen LogP contribution in [0.3, 0.4) is 0 Å². The summed E-state index contributed by atoms with van der Waals surface area (Å²) >= 11 is 12.0. The molecule has 0 atom stereocenters. The molecule has 4 rings (SSSR count). The number of carbonyl (C=O) groups is 2. The highest BCUT2D eigenvalue weighted by molar-refractivity contribution is 6.34. The highest BCUT2D eigenvalue weighted by Crippen LogP contribution is 2.23. The molecule has 1 heterocycles. The van der Waals surface area contributed by atoms with E-state index in [1.165, 1.54) is 0 Å². The van der Waals surface area contributed by atoms with Gasteiger partial charge in [0.1, 0.15) is 23.6 Å². The van der Waals surface area contributed by atoms with Gasteiger partial charge in [-0.25, -0.2) is 4.98 Å². The zero-order valence-electron chi connectivity index (χ0n) is 17.8. The maximum atomic E-state index is 12.5. The average molecular weight is 500 g/mol. The van der Waals surface area contributed by atoms with Gasteiger partial charge in [0.25, 0.3) is 11.7 Å². The number of aliphatic carboxylic acids is 1. The molecule has 0 bridgehead atoms. The van der Waals surface area contributed by atoms with Crippen LogP contribution in [0, 0.1) is 0 Å². The molecule has 0 saturated heterocycles. The molecule has 0 unspecified atom stereocenters. The first kappa shape index (κ1) is 23.6. The van der Waals surface area contributed by atoms with Gasteiger partial charge >= 0.3 is 5.97 Å². The summed E-state index contributed by atoms with van der Waals surface area (Å²) in [6.45, 7) is 0.0502. The molecule has 0 saturated carbocycles. The van der Waals surface area contributed by atoms with Crippen LogP contribution in [0.15, 0.2) is 65.1 Å². The Morgan fingerprint density at radius 2 is 1.56 bits per heavy atom. The van der Waals surface area contributed by atoms with E-state index >= 15 is 0 Å². The lowest BCUT2D eigenvalue weighted by Crippen LogP contribution is -2.11. The van der Waals surface area contributed by atoms with Gasteiger partial charge in [-0.3, -0.25) is 9.59 Å². The highest BCUT2D eigenvalue weighted by atomic mass is 35.5. The summed E-state index contributed by atoms with van der Waals surface area (Å²) in [7, 11) is 0. The number of oxazole rings is 1. The molecule has 0 amide bonds. The number of nitrogens with zero attached hydrogens (tertiary/aromatic N) is 1. The molecule has 1 N–H and O–H groups in total. The molecule has 4 aromatic rings. The Labute approximate surface area is 204 Å². The molecule has 3 aromatic carbocycles. The molecule has 0 aliphatic rings. The van der Waals surface area contributed by atoms with Gasteiger partial charge in [0.05, 0.1) is 0 Å². The van der Waals surface area contributed by atoms with Crippen molar-refractivity contribution in [3.05, 3.63) is 87.7 Å². The maximum Gasteiger partial charge on any atom is 0.303 e. The highest BCUT2D eigenvalue weighted by Gasteiger charge is 2.16. The number of benzene rings is 3. The van der Waals surface area contributed by atoms with Crippen molar-refractivity contribution in [2.45, 2.75) is 19.4 Å². The third-order valence-electron chi connectivity index (χ3n) is 4.84. The van der Waals surface area contributed by atoms with Gasteiger partial charge in [-0.1, -0.05) is 29.3 Å². The van der Waals surface area contributed by atoms with Crippen LogP contribution in [-0.4, -0.2) is 28.4 Å². The van der Waals surface area contributed by atoms with Crippen molar-refractivity contribution in [1.82, 2.24) is 4.98 Å². The molecule has 0 radical (unpaired) electrons. The Kier molecular flexibility index (Phi) is 7.35. The van der Waals surface area contributed by atoms with E-state index in [9.17, 15) is 9.59 Å². The summed E-state index contributed by atoms with van der Waals surface area (Å²) in [6.07, 6.45) is 0.388. The third kappa shape index (κ3) is 6.27. The number of hydrogen-bond acceptors (Lipinski definition) is 6. The second-order valence-corrected chi connectivity index (χ2v) is 8.34. The van der Waals surface area contributed by atoms with Crippen LogP contribution in [0.2, 0.25) is 10.0 Å². The lowest BCUT2D eigenvalue weighted by molar-refractivity contribution is -0.136. The van der Waals surface area contributed by atoms with E-state index < -0.39 is 11.8 Å². The Morgan fingerprint density at radius 1 is 0.882 bits per heavy atom. The molecule has 34 heavy (non-hydrogen) atoms. The average Bonchev–Trinajstić information content (AvgIpc) is 3.23. The van der Waals surface area contributed by atoms with Crippen LogP contribution < -0.4 is 9.47 Å². The predicted octanol–water partition coefficient (Wildman–Crippen LogP) is 5.99. The zero-order valence-corrected chi connectivity index (χ0v) is 19.3. The first-order chi connectivity index (χ1) is 16.4. The molecule has 9 heteroatoms. The number of ether oxygens (including phenoxy) is 2. The number of fused-ring (bicyclic) bond motifs is 1. The molecule has 174 valence electrons. The zero-order chi connectivity index (χ0) is 24.1. The first-order valence-electron chi connectivity index (χ1n) is 10.3. The number of aromatic nitrogens is 1. The van der Waals surface area contributed by atoms with Crippen LogP contribution in [0.1, 0.15) is 28.2 Å². The van der Waals surface area contributed by atoms with Crippen LogP contribution in [0.4, 0.5) is 0 Å². The number of hydrogen-bond donors (Lipinski definition) is 1. The molecular formula is C25H19Cl2NO6. The molecule has 0 aliphatic heterocycles. The molecule has 0 fully saturated rings. The van der Waals surface area contributed by atoms with E-state index in [1.54, 1.807) is 60.7 Å². The van der Waals surface area contributed by atoms with Crippen molar-refractivity contribution in [2.75, 3.05) is 6.61 Å². The lowest BCUT2D eigenvalue weighted by atomic mass is 10.1. The van der Waals surface area contributed by atoms with Crippen LogP contribution >= 0.6 is 23.2 Å². The van der Waals surface area contributed by atoms with Gasteiger partial charge in [-0.15, -0.1) is 0 Å². The largest absolute Gasteiger partial charge is 0.489 e. The number of carboxylic acid groups (broad SMARTS) is 1. The first-order valence-corrected chi connectivity index (χ1v) is 11.1. The minimum atomic E-state index is -0.876. The maximum absolute atomic E-state index is 12.5. The fraction of sp³-hybridized carbons (Fsp3) is 0.160. The number of aryl methyl sites for hydroxylation is 1. The quantitative estimate of drug-likeness (QED) is 0.267. The number of ketones is 1. The molecule has 0 aliphatic carbocycles. The molecule has 0 spiro atoms. The Balaban J connectivity index is 1.31. The van der Waals surface area contributed by atoms with Crippen molar-refractivity contribution >= 4 is 46.1 Å². The van der Waals surface area contributed by atoms with E-state index in [-0.39, 0.29) is 18.9 Å². The summed E-state index contributed by atoms with van der Waals surface area (Å²) in [5.41, 5.74) is 2.59. The van der Waals surface area contributed by atoms with Crippen molar-refractivity contribution in [2.24, 2.45) is 0 Å². The topological polar surface area (TPSA) is 98.9 Å². The smallest absolute Gasteiger partial charge is 0.303 e. The van der Waals surface area contributed by atoms with E-state index in [4.69, 9.17) is 42.2 Å². The van der Waals surface area contributed by atoms with Gasteiger partial charge in [-0.05, 0) is 72.1 Å². The summed E-state index contributed by atoms with van der Waals surface area (Å²) in [4.78, 5) is 27.4. The summed E-state index contributed by atoms with van der Waals surface area (Å²) in [5.74, 6) is -0.253. The fourth-order valence-electron chi connectivity index (χ4n) is 3.20. The summed E-state index contributed by atoms with van der Waals surface area (Å²) < 4.78 is 16.8. The second kappa shape index (κ2) is 10.6. The minimum Gasteiger partial charge on any atom is -0.489 e. The summed E-state index contributed by atoms with van der Waals surface area (Å²) in [5, 5.41) is 9.89. The SMILES string of the molecule is O=C(O)CCc1ccc2oc(C(=O)COc3ccc(OCc4cc(Cl)cc(Cl)c4)cc3)nc2c1. The monoisotopic (exact) mass is 499 g/mol. The molecule has 1 aromatic heterocycles. The van der Waals surface area contributed by atoms with Crippen LogP contribution in [0.5, 0.6) is 11.5 Å². The standard InChI is InChI=1S/C25H19Cl2NO6/c26-17-9-16(10-18(27)12-17)13-32-19-3-5-20(6-4-19)33-14-22(29)25-28-21-11-15(2-8-24(30)31)1-7-23(21)34-25/h1,3-7,9-12H,2,8,13-14H2,(H,30,31). The third-order valence-corrected chi connectivity index (χ3v) is 5.28. The summed E-state index contributed by atoms with van der Waals surface area (Å²) in [6, 6.07) is 17.2. The van der Waals surface area contributed by atoms with Crippen LogP contribution in [-0.2, 0) is 17.8 Å². The lowest BCUT2D eigenvalue weighted by Gasteiger charge is -2.09.